The molecule has 0 unspecified atom stereocenters. The fourth-order valence-electron chi connectivity index (χ4n) is 3.67. The van der Waals surface area contributed by atoms with Crippen molar-refractivity contribution in [2.24, 2.45) is 0 Å². The minimum Gasteiger partial charge on any atom is -0.494 e. The summed E-state index contributed by atoms with van der Waals surface area (Å²) in [6.07, 6.45) is 5.17. The van der Waals surface area contributed by atoms with Crippen molar-refractivity contribution in [2.45, 2.75) is 25.7 Å². The van der Waals surface area contributed by atoms with Gasteiger partial charge in [-0.25, -0.2) is 0 Å². The molecule has 1 aliphatic rings. The highest BCUT2D eigenvalue weighted by Crippen LogP contribution is 2.35. The van der Waals surface area contributed by atoms with Crippen LogP contribution in [0.2, 0.25) is 5.02 Å². The van der Waals surface area contributed by atoms with Crippen molar-refractivity contribution in [1.29, 1.82) is 0 Å². The van der Waals surface area contributed by atoms with Gasteiger partial charge in [-0.2, -0.15) is 0 Å². The van der Waals surface area contributed by atoms with Crippen LogP contribution in [-0.4, -0.2) is 30.8 Å². The normalized spacial score (nSPS) is 12.3. The lowest BCUT2D eigenvalue weighted by Crippen LogP contribution is -2.41. The van der Waals surface area contributed by atoms with Crippen molar-refractivity contribution >= 4 is 40.5 Å². The van der Waals surface area contributed by atoms with E-state index in [0.29, 0.717) is 29.9 Å². The van der Waals surface area contributed by atoms with Gasteiger partial charge in [-0.15, -0.1) is 0 Å². The lowest BCUT2D eigenvalue weighted by molar-refractivity contribution is 0.0950. The van der Waals surface area contributed by atoms with Crippen LogP contribution in [-0.2, 0) is 6.42 Å². The third-order valence-corrected chi connectivity index (χ3v) is 5.90. The molecule has 0 fully saturated rings. The number of thiocarbonyl (C=S) groups is 1. The van der Waals surface area contributed by atoms with Crippen LogP contribution in [0.15, 0.2) is 65.3 Å². The van der Waals surface area contributed by atoms with Gasteiger partial charge in [0.25, 0.3) is 5.91 Å². The van der Waals surface area contributed by atoms with Gasteiger partial charge < -0.3 is 18.8 Å². The molecule has 2 heterocycles. The third-order valence-electron chi connectivity index (χ3n) is 5.32. The van der Waals surface area contributed by atoms with Gasteiger partial charge in [0.1, 0.15) is 11.5 Å². The van der Waals surface area contributed by atoms with Gasteiger partial charge in [0.05, 0.1) is 25.2 Å². The molecule has 0 spiro atoms. The predicted molar refractivity (Wildman–Crippen MR) is 133 cm³/mol. The number of nitrogens with zero attached hydrogens (tertiary/aromatic N) is 1. The molecule has 0 radical (unpaired) electrons. The molecule has 0 saturated carbocycles. The van der Waals surface area contributed by atoms with Crippen molar-refractivity contribution in [3.8, 4) is 11.5 Å². The minimum atomic E-state index is -0.356. The Labute approximate surface area is 203 Å². The van der Waals surface area contributed by atoms with E-state index in [1.807, 2.05) is 47.4 Å². The summed E-state index contributed by atoms with van der Waals surface area (Å²) in [5, 5.41) is 3.80. The molecule has 0 atom stereocenters. The summed E-state index contributed by atoms with van der Waals surface area (Å²) < 4.78 is 16.9. The van der Waals surface area contributed by atoms with E-state index >= 15 is 0 Å². The number of anilines is 1. The quantitative estimate of drug-likeness (QED) is 0.313. The second-order valence-corrected chi connectivity index (χ2v) is 8.43. The Hall–Kier alpha value is -3.03. The van der Waals surface area contributed by atoms with Gasteiger partial charge in [0.15, 0.2) is 10.9 Å². The Morgan fingerprint density at radius 2 is 1.82 bits per heavy atom. The first-order valence-electron chi connectivity index (χ1n) is 10.9. The van der Waals surface area contributed by atoms with Gasteiger partial charge in [-0.1, -0.05) is 17.7 Å². The molecule has 172 valence electrons. The maximum atomic E-state index is 12.2. The summed E-state index contributed by atoms with van der Waals surface area (Å²) in [6.45, 7) is 1.99. The van der Waals surface area contributed by atoms with Gasteiger partial charge in [-0.05, 0) is 86.4 Å². The molecule has 2 aromatic carbocycles. The molecule has 8 heteroatoms. The van der Waals surface area contributed by atoms with Crippen LogP contribution in [0.25, 0.3) is 0 Å². The standard InChI is InChI=1S/C25H25ClN2O4S/c26-18-9-11-19(12-10-18)30-15-2-1-3-16-31-22-7-4-6-21-20(22)13-14-28(21)25(33)27-24(29)23-8-5-17-32-23/h4-12,17H,1-3,13-16H2,(H,27,29,33). The summed E-state index contributed by atoms with van der Waals surface area (Å²) >= 11 is 11.3. The van der Waals surface area contributed by atoms with E-state index in [4.69, 9.17) is 37.7 Å². The largest absolute Gasteiger partial charge is 0.494 e. The zero-order valence-electron chi connectivity index (χ0n) is 18.1. The molecule has 6 nitrogen and oxygen atoms in total. The fraction of sp³-hybridized carbons (Fsp3) is 0.280. The van der Waals surface area contributed by atoms with Crippen molar-refractivity contribution in [3.63, 3.8) is 0 Å². The molecular weight excluding hydrogens is 460 g/mol. The minimum absolute atomic E-state index is 0.229. The number of nitrogens with one attached hydrogen (secondary N) is 1. The monoisotopic (exact) mass is 484 g/mol. The molecule has 1 aromatic heterocycles. The number of fused-ring (bicyclic) bond motifs is 1. The summed E-state index contributed by atoms with van der Waals surface area (Å²) in [7, 11) is 0. The number of benzene rings is 2. The highest BCUT2D eigenvalue weighted by atomic mass is 35.5. The van der Waals surface area contributed by atoms with Crippen LogP contribution in [0.1, 0.15) is 35.4 Å². The zero-order chi connectivity index (χ0) is 23.0. The number of carbonyl (C=O) groups excluding carboxylic acids is 1. The summed E-state index contributed by atoms with van der Waals surface area (Å²) in [4.78, 5) is 14.2. The maximum Gasteiger partial charge on any atom is 0.293 e. The first-order chi connectivity index (χ1) is 16.1. The number of unbranched alkanes of at least 4 members (excludes halogenated alkanes) is 2. The van der Waals surface area contributed by atoms with E-state index in [-0.39, 0.29) is 11.7 Å². The Balaban J connectivity index is 1.21. The van der Waals surface area contributed by atoms with Gasteiger partial charge >= 0.3 is 0 Å². The number of hydrogen-bond acceptors (Lipinski definition) is 5. The van der Waals surface area contributed by atoms with Gasteiger partial charge in [0, 0.05) is 17.1 Å². The molecule has 0 saturated heterocycles. The zero-order valence-corrected chi connectivity index (χ0v) is 19.7. The Morgan fingerprint density at radius 1 is 1.03 bits per heavy atom. The average Bonchev–Trinajstić information content (AvgIpc) is 3.50. The maximum absolute atomic E-state index is 12.2. The Morgan fingerprint density at radius 3 is 2.58 bits per heavy atom. The number of furan rings is 1. The molecule has 4 rings (SSSR count). The van der Waals surface area contributed by atoms with Crippen molar-refractivity contribution in [3.05, 3.63) is 77.2 Å². The second-order valence-electron chi connectivity index (χ2n) is 7.60. The number of ether oxygens (including phenoxy) is 2. The molecule has 3 aromatic rings. The SMILES string of the molecule is O=C(NC(=S)N1CCc2c(OCCCCCOc3ccc(Cl)cc3)cccc21)c1ccco1. The van der Waals surface area contributed by atoms with E-state index in [9.17, 15) is 4.79 Å². The number of hydrogen-bond donors (Lipinski definition) is 1. The van der Waals surface area contributed by atoms with Gasteiger partial charge in [-0.3, -0.25) is 10.1 Å². The van der Waals surface area contributed by atoms with Crippen LogP contribution < -0.4 is 19.7 Å². The van der Waals surface area contributed by atoms with E-state index in [1.165, 1.54) is 6.26 Å². The molecule has 33 heavy (non-hydrogen) atoms. The molecule has 0 aliphatic carbocycles. The van der Waals surface area contributed by atoms with Crippen molar-refractivity contribution < 1.29 is 18.7 Å². The van der Waals surface area contributed by atoms with Crippen LogP contribution >= 0.6 is 23.8 Å². The summed E-state index contributed by atoms with van der Waals surface area (Å²) in [5.41, 5.74) is 2.08. The van der Waals surface area contributed by atoms with E-state index in [0.717, 1.165) is 48.4 Å². The lowest BCUT2D eigenvalue weighted by Gasteiger charge is -2.20. The van der Waals surface area contributed by atoms with Gasteiger partial charge in [0.2, 0.25) is 0 Å². The Kier molecular flexibility index (Phi) is 7.86. The molecule has 0 bridgehead atoms. The molecular formula is C25H25ClN2O4S. The van der Waals surface area contributed by atoms with Crippen LogP contribution in [0.4, 0.5) is 5.69 Å². The summed E-state index contributed by atoms with van der Waals surface area (Å²) in [5.74, 6) is 1.57. The summed E-state index contributed by atoms with van der Waals surface area (Å²) in [6, 6.07) is 16.6. The van der Waals surface area contributed by atoms with E-state index < -0.39 is 0 Å². The highest BCUT2D eigenvalue weighted by Gasteiger charge is 2.26. The fourth-order valence-corrected chi connectivity index (χ4v) is 4.07. The number of halogens is 1. The first-order valence-corrected chi connectivity index (χ1v) is 11.7. The van der Waals surface area contributed by atoms with E-state index in [1.54, 1.807) is 12.1 Å². The molecule has 1 aliphatic heterocycles. The second kappa shape index (κ2) is 11.2. The highest BCUT2D eigenvalue weighted by molar-refractivity contribution is 7.80. The third kappa shape index (κ3) is 6.06. The number of carbonyl (C=O) groups is 1. The lowest BCUT2D eigenvalue weighted by atomic mass is 10.1. The predicted octanol–water partition coefficient (Wildman–Crippen LogP) is 5.64. The average molecular weight is 485 g/mol. The first kappa shape index (κ1) is 23.1. The molecule has 1 amide bonds. The van der Waals surface area contributed by atoms with Crippen molar-refractivity contribution in [1.82, 2.24) is 5.32 Å². The van der Waals surface area contributed by atoms with Crippen molar-refractivity contribution in [2.75, 3.05) is 24.7 Å². The van der Waals surface area contributed by atoms with E-state index in [2.05, 4.69) is 5.32 Å². The number of amides is 1. The van der Waals surface area contributed by atoms with Crippen LogP contribution in [0.5, 0.6) is 11.5 Å². The number of rotatable bonds is 9. The smallest absolute Gasteiger partial charge is 0.293 e. The van der Waals surface area contributed by atoms with Crippen LogP contribution in [0.3, 0.4) is 0 Å². The molecule has 1 N–H and O–H groups in total. The van der Waals surface area contributed by atoms with Crippen LogP contribution in [0, 0.1) is 0 Å². The Bertz CT molecular complexity index is 1090. The topological polar surface area (TPSA) is 63.9 Å².